The van der Waals surface area contributed by atoms with Crippen LogP contribution in [0.2, 0.25) is 0 Å². The van der Waals surface area contributed by atoms with Gasteiger partial charge in [0.15, 0.2) is 16.4 Å². The lowest BCUT2D eigenvalue weighted by molar-refractivity contribution is -0.144. The molecular weight excluding hydrogens is 618 g/mol. The highest BCUT2D eigenvalue weighted by atomic mass is 32.2. The Morgan fingerprint density at radius 1 is 0.933 bits per heavy atom. The molecule has 0 unspecified atom stereocenters. The van der Waals surface area contributed by atoms with E-state index in [-0.39, 0.29) is 19.0 Å². The Hall–Kier alpha value is -4.67. The number of benzene rings is 3. The molecule has 2 heterocycles. The predicted octanol–water partition coefficient (Wildman–Crippen LogP) is 5.87. The van der Waals surface area contributed by atoms with E-state index in [0.717, 1.165) is 0 Å². The molecule has 0 bridgehead atoms. The van der Waals surface area contributed by atoms with Gasteiger partial charge >= 0.3 is 10.6 Å². The van der Waals surface area contributed by atoms with Gasteiger partial charge in [0.1, 0.15) is 11.5 Å². The van der Waals surface area contributed by atoms with Crippen LogP contribution in [0.25, 0.3) is 0 Å². The molecule has 0 saturated carbocycles. The van der Waals surface area contributed by atoms with Gasteiger partial charge in [0.25, 0.3) is 5.91 Å². The highest BCUT2D eigenvalue weighted by Gasteiger charge is 2.66. The number of carbonyl (C=O) groups excluding carboxylic acids is 4. The fourth-order valence-electron chi connectivity index (χ4n) is 5.42. The molecule has 1 fully saturated rings. The first-order chi connectivity index (χ1) is 21.6. The number of likely N-dealkylation sites (tertiary alicyclic amines) is 1. The first-order valence-corrected chi connectivity index (χ1v) is 15.6. The largest absolute Gasteiger partial charge is 0.454 e. The molecule has 0 aromatic heterocycles. The van der Waals surface area contributed by atoms with Crippen LogP contribution in [0.5, 0.6) is 23.0 Å². The van der Waals surface area contributed by atoms with Gasteiger partial charge in [-0.15, -0.1) is 0 Å². The molecule has 13 heteroatoms. The molecule has 3 aromatic carbocycles. The van der Waals surface area contributed by atoms with Crippen LogP contribution in [-0.2, 0) is 9.59 Å². The van der Waals surface area contributed by atoms with Gasteiger partial charge in [-0.05, 0) is 72.4 Å². The number of thioether (sulfide) groups is 2. The maximum Gasteiger partial charge on any atom is 0.375 e. The highest BCUT2D eigenvalue weighted by molar-refractivity contribution is 8.15. The van der Waals surface area contributed by atoms with Crippen LogP contribution in [0.15, 0.2) is 78.9 Å². The molecule has 45 heavy (non-hydrogen) atoms. The average Bonchev–Trinajstić information content (AvgIpc) is 3.60. The van der Waals surface area contributed by atoms with Crippen LogP contribution in [0.3, 0.4) is 0 Å². The van der Waals surface area contributed by atoms with Crippen molar-refractivity contribution in [3.8, 4) is 29.1 Å². The van der Waals surface area contributed by atoms with Gasteiger partial charge in [0.05, 0.1) is 23.3 Å². The number of carbonyl (C=O) groups is 4. The summed E-state index contributed by atoms with van der Waals surface area (Å²) >= 11 is 1.12. The topological polar surface area (TPSA) is 135 Å². The molecule has 2 aliphatic rings. The molecule has 11 nitrogen and oxygen atoms in total. The average molecular weight is 648 g/mol. The minimum absolute atomic E-state index is 0.00597. The molecule has 5 rings (SSSR count). The first-order valence-electron chi connectivity index (χ1n) is 13.8. The van der Waals surface area contributed by atoms with Crippen molar-refractivity contribution in [2.45, 2.75) is 24.3 Å². The van der Waals surface area contributed by atoms with Gasteiger partial charge in [-0.2, -0.15) is 5.26 Å². The van der Waals surface area contributed by atoms with E-state index >= 15 is 0 Å². The molecule has 3 atom stereocenters. The summed E-state index contributed by atoms with van der Waals surface area (Å²) in [6.07, 6.45) is -0.216. The number of hydrogen-bond donors (Lipinski definition) is 0. The lowest BCUT2D eigenvalue weighted by Gasteiger charge is -2.40. The van der Waals surface area contributed by atoms with Crippen molar-refractivity contribution in [2.24, 2.45) is 5.41 Å². The van der Waals surface area contributed by atoms with Gasteiger partial charge in [-0.3, -0.25) is 9.59 Å². The molecule has 2 amide bonds. The highest BCUT2D eigenvalue weighted by Crippen LogP contribution is 2.59. The quantitative estimate of drug-likeness (QED) is 0.285. The van der Waals surface area contributed by atoms with E-state index in [4.69, 9.17) is 18.9 Å². The second kappa shape index (κ2) is 13.1. The number of amides is 2. The Kier molecular flexibility index (Phi) is 9.27. The molecule has 0 spiro atoms. The third-order valence-corrected chi connectivity index (χ3v) is 9.10. The zero-order valence-electron chi connectivity index (χ0n) is 24.6. The molecule has 0 N–H and O–H groups in total. The van der Waals surface area contributed by atoms with E-state index in [0.29, 0.717) is 46.3 Å². The number of nitrogens with zero attached hydrogens (tertiary/aromatic N) is 3. The second-order valence-electron chi connectivity index (χ2n) is 10.7. The molecular formula is C32H29N3O8S2. The third-order valence-electron chi connectivity index (χ3n) is 7.29. The molecule has 232 valence electrons. The van der Waals surface area contributed by atoms with Crippen molar-refractivity contribution >= 4 is 45.9 Å². The summed E-state index contributed by atoms with van der Waals surface area (Å²) in [5.41, 5.74) is -0.886. The normalized spacial score (nSPS) is 21.5. The smallest absolute Gasteiger partial charge is 0.375 e. The van der Waals surface area contributed by atoms with E-state index in [2.05, 4.69) is 6.07 Å². The van der Waals surface area contributed by atoms with Gasteiger partial charge in [-0.1, -0.05) is 42.5 Å². The van der Waals surface area contributed by atoms with Crippen molar-refractivity contribution in [1.82, 2.24) is 9.80 Å². The van der Waals surface area contributed by atoms with E-state index in [1.165, 1.54) is 23.9 Å². The number of nitriles is 1. The SMILES string of the molecule is CN(C)C(=O)[C@@]1(SC(=O)Oc2ccccc2)C[C@](C)(C#N)[C@H](c2ccc3c(c2)OCO3)N1C(=O)CSC(=O)Oc1ccccc1. The molecule has 3 aromatic rings. The van der Waals surface area contributed by atoms with Gasteiger partial charge in [0.2, 0.25) is 12.7 Å². The third kappa shape index (κ3) is 6.57. The second-order valence-corrected chi connectivity index (χ2v) is 12.8. The summed E-state index contributed by atoms with van der Waals surface area (Å²) in [4.78, 5) is 55.2. The van der Waals surface area contributed by atoms with E-state index in [1.54, 1.807) is 85.8 Å². The summed E-state index contributed by atoms with van der Waals surface area (Å²) in [7, 11) is 3.00. The van der Waals surface area contributed by atoms with Crippen LogP contribution in [0.1, 0.15) is 24.9 Å². The Balaban J connectivity index is 1.56. The van der Waals surface area contributed by atoms with Crippen LogP contribution in [-0.4, -0.2) is 63.7 Å². The minimum atomic E-state index is -1.91. The van der Waals surface area contributed by atoms with Crippen LogP contribution < -0.4 is 18.9 Å². The van der Waals surface area contributed by atoms with Crippen molar-refractivity contribution < 1.29 is 38.1 Å². The molecule has 1 saturated heterocycles. The Morgan fingerprint density at radius 2 is 1.53 bits per heavy atom. The maximum absolute atomic E-state index is 14.3. The number of likely N-dealkylation sites (N-methyl/N-ethyl adjacent to an activating group) is 1. The Bertz CT molecular complexity index is 1650. The number of para-hydroxylation sites is 2. The lowest BCUT2D eigenvalue weighted by Crippen LogP contribution is -2.56. The zero-order valence-corrected chi connectivity index (χ0v) is 26.3. The number of ether oxygens (including phenoxy) is 4. The van der Waals surface area contributed by atoms with Gasteiger partial charge < -0.3 is 28.7 Å². The minimum Gasteiger partial charge on any atom is -0.454 e. The maximum atomic E-state index is 14.3. The number of rotatable bonds is 7. The fourth-order valence-corrected chi connectivity index (χ4v) is 7.32. The lowest BCUT2D eigenvalue weighted by atomic mass is 9.79. The predicted molar refractivity (Wildman–Crippen MR) is 167 cm³/mol. The monoisotopic (exact) mass is 647 g/mol. The molecule has 0 aliphatic carbocycles. The van der Waals surface area contributed by atoms with E-state index < -0.39 is 44.5 Å². The summed E-state index contributed by atoms with van der Waals surface area (Å²) in [6.45, 7) is 1.64. The summed E-state index contributed by atoms with van der Waals surface area (Å²) in [5, 5.41) is 8.99. The summed E-state index contributed by atoms with van der Waals surface area (Å²) < 4.78 is 21.9. The van der Waals surface area contributed by atoms with Crippen molar-refractivity contribution in [1.29, 1.82) is 5.26 Å². The standard InChI is InChI=1S/C32H29N3O8S2/c1-31(19-33)18-32(28(37)34(2)3,45-30(39)43-23-12-8-5-9-13-23)35(27(31)21-14-15-24-25(16-21)41-20-40-24)26(36)17-44-29(38)42-22-10-6-4-7-11-22/h4-16,27H,17-18,20H2,1-3H3/t27-,31+,32-/m0/s1. The van der Waals surface area contributed by atoms with Crippen molar-refractivity contribution in [3.63, 3.8) is 0 Å². The van der Waals surface area contributed by atoms with Gasteiger partial charge in [-0.25, -0.2) is 9.59 Å². The van der Waals surface area contributed by atoms with E-state index in [1.807, 2.05) is 0 Å². The zero-order chi connectivity index (χ0) is 32.2. The Morgan fingerprint density at radius 3 is 2.13 bits per heavy atom. The molecule has 0 radical (unpaired) electrons. The molecule has 2 aliphatic heterocycles. The first kappa shape index (κ1) is 31.7. The Labute approximate surface area is 268 Å². The van der Waals surface area contributed by atoms with Crippen molar-refractivity contribution in [2.75, 3.05) is 26.6 Å². The summed E-state index contributed by atoms with van der Waals surface area (Å²) in [6, 6.07) is 23.0. The van der Waals surface area contributed by atoms with Gasteiger partial charge in [0, 0.05) is 20.5 Å². The van der Waals surface area contributed by atoms with E-state index in [9.17, 15) is 24.4 Å². The number of hydrogen-bond acceptors (Lipinski definition) is 11. The van der Waals surface area contributed by atoms with Crippen LogP contribution >= 0.6 is 23.5 Å². The summed E-state index contributed by atoms with van der Waals surface area (Å²) in [5.74, 6) is -0.264. The van der Waals surface area contributed by atoms with Crippen LogP contribution in [0.4, 0.5) is 9.59 Å². The van der Waals surface area contributed by atoms with Crippen molar-refractivity contribution in [3.05, 3.63) is 84.4 Å². The fraction of sp³-hybridized carbons (Fsp3) is 0.281. The van der Waals surface area contributed by atoms with Crippen LogP contribution in [0, 0.1) is 16.7 Å². The number of fused-ring (bicyclic) bond motifs is 1.